The Morgan fingerprint density at radius 1 is 1.36 bits per heavy atom. The van der Waals surface area contributed by atoms with Gasteiger partial charge in [0.05, 0.1) is 16.8 Å². The highest BCUT2D eigenvalue weighted by Gasteiger charge is 2.17. The van der Waals surface area contributed by atoms with Crippen molar-refractivity contribution in [2.45, 2.75) is 32.2 Å². The summed E-state index contributed by atoms with van der Waals surface area (Å²) in [6.45, 7) is 2.81. The van der Waals surface area contributed by atoms with Crippen molar-refractivity contribution in [3.8, 4) is 0 Å². The highest BCUT2D eigenvalue weighted by atomic mass is 32.1. The predicted molar refractivity (Wildman–Crippen MR) is 90.9 cm³/mol. The van der Waals surface area contributed by atoms with E-state index in [1.54, 1.807) is 11.3 Å². The molecule has 1 amide bonds. The number of thiazole rings is 1. The van der Waals surface area contributed by atoms with E-state index in [1.807, 2.05) is 30.1 Å². The molecule has 0 radical (unpaired) electrons. The van der Waals surface area contributed by atoms with E-state index in [0.29, 0.717) is 18.9 Å². The van der Waals surface area contributed by atoms with Crippen LogP contribution in [-0.4, -0.2) is 35.9 Å². The molecule has 1 saturated heterocycles. The number of hydrogen-bond acceptors (Lipinski definition) is 4. The number of nitrogens with zero attached hydrogens (tertiary/aromatic N) is 2. The Balaban J connectivity index is 1.51. The molecule has 1 fully saturated rings. The summed E-state index contributed by atoms with van der Waals surface area (Å²) in [6.07, 6.45) is 4.08. The topological polar surface area (TPSA) is 45.2 Å². The lowest BCUT2D eigenvalue weighted by atomic mass is 9.93. The van der Waals surface area contributed by atoms with Crippen molar-refractivity contribution in [3.05, 3.63) is 29.3 Å². The maximum Gasteiger partial charge on any atom is 0.222 e. The third kappa shape index (κ3) is 3.84. The van der Waals surface area contributed by atoms with Gasteiger partial charge in [-0.1, -0.05) is 12.1 Å². The minimum Gasteiger partial charge on any atom is -0.339 e. The minimum absolute atomic E-state index is 0.234. The summed E-state index contributed by atoms with van der Waals surface area (Å²) in [5, 5.41) is 4.38. The van der Waals surface area contributed by atoms with Gasteiger partial charge in [0.1, 0.15) is 5.01 Å². The number of nitrogens with one attached hydrogen (secondary N) is 1. The number of rotatable bonds is 5. The Bertz CT molecular complexity index is 601. The number of carbonyl (C=O) groups is 1. The van der Waals surface area contributed by atoms with Gasteiger partial charge < -0.3 is 10.2 Å². The number of carbonyl (C=O) groups excluding carboxylic acids is 1. The molecule has 5 heteroatoms. The van der Waals surface area contributed by atoms with Crippen molar-refractivity contribution < 1.29 is 4.79 Å². The molecule has 3 rings (SSSR count). The lowest BCUT2D eigenvalue weighted by Gasteiger charge is -2.23. The molecule has 0 saturated carbocycles. The quantitative estimate of drug-likeness (QED) is 0.922. The van der Waals surface area contributed by atoms with Crippen LogP contribution >= 0.6 is 11.3 Å². The van der Waals surface area contributed by atoms with Crippen LogP contribution in [0.2, 0.25) is 0 Å². The highest BCUT2D eigenvalue weighted by molar-refractivity contribution is 7.18. The van der Waals surface area contributed by atoms with Gasteiger partial charge in [-0.3, -0.25) is 4.79 Å². The van der Waals surface area contributed by atoms with E-state index in [-0.39, 0.29) is 5.91 Å². The Morgan fingerprint density at radius 3 is 2.91 bits per heavy atom. The first-order chi connectivity index (χ1) is 10.7. The number of benzene rings is 1. The summed E-state index contributed by atoms with van der Waals surface area (Å²) < 4.78 is 1.19. The van der Waals surface area contributed by atoms with Crippen molar-refractivity contribution in [3.63, 3.8) is 0 Å². The molecule has 0 bridgehead atoms. The van der Waals surface area contributed by atoms with Crippen LogP contribution in [0.4, 0.5) is 0 Å². The molecule has 2 aromatic rings. The first kappa shape index (κ1) is 15.4. The van der Waals surface area contributed by atoms with E-state index < -0.39 is 0 Å². The molecule has 0 atom stereocenters. The summed E-state index contributed by atoms with van der Waals surface area (Å²) >= 11 is 1.68. The Morgan fingerprint density at radius 2 is 2.14 bits per heavy atom. The Labute approximate surface area is 135 Å². The smallest absolute Gasteiger partial charge is 0.222 e. The second kappa shape index (κ2) is 7.20. The maximum atomic E-state index is 12.3. The number of para-hydroxylation sites is 1. The minimum atomic E-state index is 0.234. The van der Waals surface area contributed by atoms with Gasteiger partial charge in [-0.05, 0) is 50.4 Å². The summed E-state index contributed by atoms with van der Waals surface area (Å²) in [5.74, 6) is 0.943. The standard InChI is InChI=1S/C17H23N3OS/c1-20(17(21)7-6-13-8-10-18-11-9-13)12-16-19-14-4-2-3-5-15(14)22-16/h2-5,13,18H,6-12H2,1H3. The van der Waals surface area contributed by atoms with Crippen LogP contribution in [0, 0.1) is 5.92 Å². The fourth-order valence-corrected chi connectivity index (χ4v) is 3.99. The molecular weight excluding hydrogens is 294 g/mol. The zero-order valence-corrected chi connectivity index (χ0v) is 13.9. The second-order valence-electron chi connectivity index (χ2n) is 6.06. The maximum absolute atomic E-state index is 12.3. The van der Waals surface area contributed by atoms with E-state index in [2.05, 4.69) is 16.4 Å². The second-order valence-corrected chi connectivity index (χ2v) is 7.17. The molecule has 1 aliphatic rings. The number of amides is 1. The monoisotopic (exact) mass is 317 g/mol. The number of aromatic nitrogens is 1. The lowest BCUT2D eigenvalue weighted by Crippen LogP contribution is -2.30. The fourth-order valence-electron chi connectivity index (χ4n) is 2.97. The molecule has 1 aromatic heterocycles. The van der Waals surface area contributed by atoms with Gasteiger partial charge in [0.2, 0.25) is 5.91 Å². The van der Waals surface area contributed by atoms with Gasteiger partial charge in [0.15, 0.2) is 0 Å². The predicted octanol–water partition coefficient (Wildman–Crippen LogP) is 3.03. The van der Waals surface area contributed by atoms with Gasteiger partial charge in [-0.15, -0.1) is 11.3 Å². The molecule has 4 nitrogen and oxygen atoms in total. The number of hydrogen-bond donors (Lipinski definition) is 1. The van der Waals surface area contributed by atoms with Crippen molar-refractivity contribution in [1.82, 2.24) is 15.2 Å². The van der Waals surface area contributed by atoms with E-state index in [9.17, 15) is 4.79 Å². The third-order valence-corrected chi connectivity index (χ3v) is 5.38. The van der Waals surface area contributed by atoms with Gasteiger partial charge in [-0.25, -0.2) is 4.98 Å². The SMILES string of the molecule is CN(Cc1nc2ccccc2s1)C(=O)CCC1CCNCC1. The summed E-state index contributed by atoms with van der Waals surface area (Å²) in [7, 11) is 1.89. The van der Waals surface area contributed by atoms with Crippen LogP contribution in [-0.2, 0) is 11.3 Å². The Hall–Kier alpha value is -1.46. The van der Waals surface area contributed by atoms with Crippen LogP contribution in [0.3, 0.4) is 0 Å². The largest absolute Gasteiger partial charge is 0.339 e. The van der Waals surface area contributed by atoms with E-state index in [1.165, 1.54) is 17.5 Å². The average molecular weight is 317 g/mol. The summed E-state index contributed by atoms with van der Waals surface area (Å²) in [6, 6.07) is 8.13. The van der Waals surface area contributed by atoms with E-state index >= 15 is 0 Å². The van der Waals surface area contributed by atoms with Crippen LogP contribution in [0.15, 0.2) is 24.3 Å². The zero-order chi connectivity index (χ0) is 15.4. The fraction of sp³-hybridized carbons (Fsp3) is 0.529. The zero-order valence-electron chi connectivity index (χ0n) is 13.0. The number of fused-ring (bicyclic) bond motifs is 1. The number of piperidine rings is 1. The molecule has 0 spiro atoms. The first-order valence-electron chi connectivity index (χ1n) is 8.01. The van der Waals surface area contributed by atoms with Crippen LogP contribution in [0.1, 0.15) is 30.7 Å². The van der Waals surface area contributed by atoms with Gasteiger partial charge in [0.25, 0.3) is 0 Å². The summed E-state index contributed by atoms with van der Waals surface area (Å²) in [4.78, 5) is 18.7. The molecule has 0 aliphatic carbocycles. The van der Waals surface area contributed by atoms with Gasteiger partial charge in [0, 0.05) is 13.5 Å². The molecule has 1 aliphatic heterocycles. The molecule has 118 valence electrons. The van der Waals surface area contributed by atoms with Gasteiger partial charge in [-0.2, -0.15) is 0 Å². The van der Waals surface area contributed by atoms with Crippen molar-refractivity contribution in [2.75, 3.05) is 20.1 Å². The molecule has 0 unspecified atom stereocenters. The van der Waals surface area contributed by atoms with Crippen LogP contribution in [0.5, 0.6) is 0 Å². The molecule has 2 heterocycles. The highest BCUT2D eigenvalue weighted by Crippen LogP contribution is 2.23. The van der Waals surface area contributed by atoms with E-state index in [4.69, 9.17) is 0 Å². The average Bonchev–Trinajstić information content (AvgIpc) is 2.95. The first-order valence-corrected chi connectivity index (χ1v) is 8.83. The van der Waals surface area contributed by atoms with Crippen molar-refractivity contribution in [1.29, 1.82) is 0 Å². The molecule has 22 heavy (non-hydrogen) atoms. The Kier molecular flexibility index (Phi) is 5.05. The van der Waals surface area contributed by atoms with Crippen LogP contribution < -0.4 is 5.32 Å². The van der Waals surface area contributed by atoms with Crippen molar-refractivity contribution in [2.24, 2.45) is 5.92 Å². The van der Waals surface area contributed by atoms with Crippen LogP contribution in [0.25, 0.3) is 10.2 Å². The third-order valence-electron chi connectivity index (χ3n) is 4.36. The summed E-state index contributed by atoms with van der Waals surface area (Å²) in [5.41, 5.74) is 1.03. The normalized spacial score (nSPS) is 16.0. The van der Waals surface area contributed by atoms with Crippen molar-refractivity contribution >= 4 is 27.5 Å². The van der Waals surface area contributed by atoms with Gasteiger partial charge >= 0.3 is 0 Å². The molecular formula is C17H23N3OS. The molecule has 1 aromatic carbocycles. The van der Waals surface area contributed by atoms with E-state index in [0.717, 1.165) is 30.0 Å². The molecule has 1 N–H and O–H groups in total. The lowest BCUT2D eigenvalue weighted by molar-refractivity contribution is -0.130.